The highest BCUT2D eigenvalue weighted by atomic mass is 16.5. The lowest BCUT2D eigenvalue weighted by molar-refractivity contribution is -0.0448. The molecule has 0 radical (unpaired) electrons. The van der Waals surface area contributed by atoms with Crippen LogP contribution in [-0.4, -0.2) is 62.0 Å². The lowest BCUT2D eigenvalue weighted by Crippen LogP contribution is -2.51. The van der Waals surface area contributed by atoms with E-state index in [-0.39, 0.29) is 30.6 Å². The van der Waals surface area contributed by atoms with Crippen LogP contribution < -0.4 is 0 Å². The Morgan fingerprint density at radius 3 is 3.14 bits per heavy atom. The number of aromatic nitrogens is 3. The third-order valence-corrected chi connectivity index (χ3v) is 4.92. The van der Waals surface area contributed by atoms with Gasteiger partial charge in [-0.1, -0.05) is 0 Å². The second kappa shape index (κ2) is 5.10. The quantitative estimate of drug-likeness (QED) is 0.865. The fraction of sp³-hybridized carbons (Fsp3) is 0.600. The Balaban J connectivity index is 1.65. The zero-order chi connectivity index (χ0) is 15.3. The van der Waals surface area contributed by atoms with Crippen LogP contribution in [0.3, 0.4) is 0 Å². The highest BCUT2D eigenvalue weighted by Gasteiger charge is 2.43. The van der Waals surface area contributed by atoms with Crippen LogP contribution in [0.15, 0.2) is 18.6 Å². The van der Waals surface area contributed by atoms with E-state index in [1.165, 1.54) is 0 Å². The maximum Gasteiger partial charge on any atom is 0.259 e. The first kappa shape index (κ1) is 13.8. The first-order valence-corrected chi connectivity index (χ1v) is 7.71. The highest BCUT2D eigenvalue weighted by molar-refractivity contribution is 6.00. The molecule has 3 heterocycles. The van der Waals surface area contributed by atoms with Crippen LogP contribution in [0.1, 0.15) is 23.2 Å². The maximum atomic E-state index is 13.0. The second-order valence-corrected chi connectivity index (χ2v) is 6.23. The number of morpholine rings is 1. The Kier molecular flexibility index (Phi) is 3.19. The number of amides is 1. The van der Waals surface area contributed by atoms with E-state index in [4.69, 9.17) is 4.74 Å². The van der Waals surface area contributed by atoms with Crippen LogP contribution >= 0.6 is 0 Å². The molecule has 1 aliphatic carbocycles. The van der Waals surface area contributed by atoms with Crippen molar-refractivity contribution in [2.45, 2.75) is 25.0 Å². The Morgan fingerprint density at radius 1 is 1.45 bits per heavy atom. The number of carbonyl (C=O) groups excluding carboxylic acids is 1. The average molecular weight is 304 g/mol. The Bertz CT molecular complexity index is 707. The van der Waals surface area contributed by atoms with Crippen molar-refractivity contribution in [3.05, 3.63) is 24.2 Å². The van der Waals surface area contributed by atoms with Crippen molar-refractivity contribution in [1.29, 1.82) is 0 Å². The molecule has 2 aromatic heterocycles. The minimum atomic E-state index is 0.00805. The van der Waals surface area contributed by atoms with Gasteiger partial charge < -0.3 is 19.3 Å². The number of aliphatic hydroxyl groups is 1. The minimum absolute atomic E-state index is 0.00805. The zero-order valence-electron chi connectivity index (χ0n) is 12.6. The van der Waals surface area contributed by atoms with Crippen molar-refractivity contribution in [3.63, 3.8) is 0 Å². The van der Waals surface area contributed by atoms with Crippen LogP contribution in [-0.2, 0) is 11.8 Å². The lowest BCUT2D eigenvalue weighted by Gasteiger charge is -2.37. The van der Waals surface area contributed by atoms with Gasteiger partial charge in [0.25, 0.3) is 5.91 Å². The third kappa shape index (κ3) is 1.96. The summed E-state index contributed by atoms with van der Waals surface area (Å²) in [6.45, 7) is 1.32. The van der Waals surface area contributed by atoms with Crippen LogP contribution in [0.25, 0.3) is 5.65 Å². The highest BCUT2D eigenvalue weighted by Crippen LogP contribution is 2.34. The van der Waals surface area contributed by atoms with Crippen LogP contribution in [0.2, 0.25) is 0 Å². The number of aliphatic hydroxyl groups excluding tert-OH is 1. The summed E-state index contributed by atoms with van der Waals surface area (Å²) in [5.74, 6) is 0.235. The van der Waals surface area contributed by atoms with Gasteiger partial charge in [0.1, 0.15) is 11.2 Å². The van der Waals surface area contributed by atoms with Crippen molar-refractivity contribution in [1.82, 2.24) is 19.1 Å². The number of nitrogens with zero attached hydrogens (tertiary/aromatic N) is 4. The first-order valence-electron chi connectivity index (χ1n) is 7.71. The molecule has 7 nitrogen and oxygen atoms in total. The average Bonchev–Trinajstić information content (AvgIpc) is 3.21. The predicted molar refractivity (Wildman–Crippen MR) is 78.5 cm³/mol. The summed E-state index contributed by atoms with van der Waals surface area (Å²) in [7, 11) is 1.91. The number of imidazole rings is 1. The largest absolute Gasteiger partial charge is 0.396 e. The number of rotatable bonds is 2. The van der Waals surface area contributed by atoms with Crippen molar-refractivity contribution in [3.8, 4) is 0 Å². The number of carbonyl (C=O) groups is 1. The van der Waals surface area contributed by atoms with E-state index in [1.54, 1.807) is 10.7 Å². The summed E-state index contributed by atoms with van der Waals surface area (Å²) in [4.78, 5) is 14.9. The lowest BCUT2D eigenvalue weighted by atomic mass is 10.1. The standard InChI is InChI=1S/C15H20N4O3/c1-17-2-3-19-14(17)11(8-16-19)15(21)18-4-5-22-13-7-10(9-20)6-12(13)18/h2-3,8,10,12-13,20H,4-7,9H2,1H3/t10-,12+,13+/m1/s1. The fourth-order valence-corrected chi connectivity index (χ4v) is 3.81. The Morgan fingerprint density at radius 2 is 2.32 bits per heavy atom. The van der Waals surface area contributed by atoms with Gasteiger partial charge in [0.2, 0.25) is 0 Å². The molecule has 3 atom stereocenters. The minimum Gasteiger partial charge on any atom is -0.396 e. The smallest absolute Gasteiger partial charge is 0.259 e. The third-order valence-electron chi connectivity index (χ3n) is 4.92. The monoisotopic (exact) mass is 304 g/mol. The molecule has 2 aliphatic rings. The SMILES string of the molecule is Cn1ccn2ncc(C(=O)N3CCO[C@H]4C[C@H](CO)C[C@@H]43)c12. The van der Waals surface area contributed by atoms with Crippen LogP contribution in [0, 0.1) is 5.92 Å². The van der Waals surface area contributed by atoms with Gasteiger partial charge >= 0.3 is 0 Å². The number of hydrogen-bond donors (Lipinski definition) is 1. The molecule has 0 bridgehead atoms. The summed E-state index contributed by atoms with van der Waals surface area (Å²) in [5.41, 5.74) is 1.44. The van der Waals surface area contributed by atoms with Gasteiger partial charge in [-0.05, 0) is 18.8 Å². The molecule has 1 saturated heterocycles. The van der Waals surface area contributed by atoms with Crippen molar-refractivity contribution in [2.75, 3.05) is 19.8 Å². The molecular weight excluding hydrogens is 284 g/mol. The second-order valence-electron chi connectivity index (χ2n) is 6.23. The number of ether oxygens (including phenoxy) is 1. The molecule has 0 spiro atoms. The first-order chi connectivity index (χ1) is 10.7. The number of aryl methyl sites for hydroxylation is 1. The fourth-order valence-electron chi connectivity index (χ4n) is 3.81. The summed E-state index contributed by atoms with van der Waals surface area (Å²) >= 11 is 0. The molecule has 0 unspecified atom stereocenters. The molecule has 2 aromatic rings. The van der Waals surface area contributed by atoms with Gasteiger partial charge in [0, 0.05) is 32.6 Å². The van der Waals surface area contributed by atoms with Crippen LogP contribution in [0.4, 0.5) is 0 Å². The number of fused-ring (bicyclic) bond motifs is 2. The summed E-state index contributed by atoms with van der Waals surface area (Å²) in [5, 5.41) is 13.6. The molecule has 22 heavy (non-hydrogen) atoms. The van der Waals surface area contributed by atoms with Gasteiger partial charge in [0.05, 0.1) is 24.9 Å². The van der Waals surface area contributed by atoms with E-state index >= 15 is 0 Å². The predicted octanol–water partition coefficient (Wildman–Crippen LogP) is 0.285. The normalized spacial score (nSPS) is 28.3. The summed E-state index contributed by atoms with van der Waals surface area (Å²) in [6.07, 6.45) is 7.06. The van der Waals surface area contributed by atoms with Crippen molar-refractivity contribution < 1.29 is 14.6 Å². The van der Waals surface area contributed by atoms with Crippen molar-refractivity contribution >= 4 is 11.6 Å². The maximum absolute atomic E-state index is 13.0. The van der Waals surface area contributed by atoms with E-state index in [2.05, 4.69) is 5.10 Å². The van der Waals surface area contributed by atoms with E-state index < -0.39 is 0 Å². The molecule has 0 aromatic carbocycles. The molecule has 4 rings (SSSR count). The van der Waals surface area contributed by atoms with Crippen LogP contribution in [0.5, 0.6) is 0 Å². The molecule has 118 valence electrons. The summed E-state index contributed by atoms with van der Waals surface area (Å²) < 4.78 is 9.42. The topological polar surface area (TPSA) is 72.0 Å². The Hall–Kier alpha value is -1.86. The molecule has 1 saturated carbocycles. The van der Waals surface area contributed by atoms with Gasteiger partial charge in [-0.2, -0.15) is 5.10 Å². The zero-order valence-corrected chi connectivity index (χ0v) is 12.6. The number of hydrogen-bond acceptors (Lipinski definition) is 4. The van der Waals surface area contributed by atoms with E-state index in [1.807, 2.05) is 28.9 Å². The van der Waals surface area contributed by atoms with E-state index in [0.29, 0.717) is 18.7 Å². The molecule has 1 N–H and O–H groups in total. The molecule has 2 fully saturated rings. The van der Waals surface area contributed by atoms with Gasteiger partial charge in [-0.15, -0.1) is 0 Å². The Labute approximate surface area is 128 Å². The van der Waals surface area contributed by atoms with Gasteiger partial charge in [0.15, 0.2) is 0 Å². The molecule has 1 amide bonds. The molecule has 1 aliphatic heterocycles. The molecular formula is C15H20N4O3. The summed E-state index contributed by atoms with van der Waals surface area (Å²) in [6, 6.07) is 0.0635. The van der Waals surface area contributed by atoms with E-state index in [0.717, 1.165) is 18.5 Å². The van der Waals surface area contributed by atoms with Crippen molar-refractivity contribution in [2.24, 2.45) is 13.0 Å². The van der Waals surface area contributed by atoms with Gasteiger partial charge in [-0.25, -0.2) is 4.52 Å². The molecule has 7 heteroatoms. The van der Waals surface area contributed by atoms with Gasteiger partial charge in [-0.3, -0.25) is 4.79 Å². The van der Waals surface area contributed by atoms with E-state index in [9.17, 15) is 9.90 Å².